The van der Waals surface area contributed by atoms with Crippen LogP contribution in [0.15, 0.2) is 23.7 Å². The van der Waals surface area contributed by atoms with Crippen LogP contribution in [0.1, 0.15) is 38.8 Å². The fourth-order valence-corrected chi connectivity index (χ4v) is 2.63. The first-order valence-corrected chi connectivity index (χ1v) is 6.45. The van der Waals surface area contributed by atoms with E-state index in [1.54, 1.807) is 18.4 Å². The van der Waals surface area contributed by atoms with Gasteiger partial charge < -0.3 is 5.11 Å². The Morgan fingerprint density at radius 1 is 1.42 bits per heavy atom. The summed E-state index contributed by atoms with van der Waals surface area (Å²) in [5.41, 5.74) is 0.883. The van der Waals surface area contributed by atoms with E-state index in [2.05, 4.69) is 10.3 Å². The van der Waals surface area contributed by atoms with E-state index in [1.807, 2.05) is 0 Å². The van der Waals surface area contributed by atoms with Crippen LogP contribution in [0.4, 0.5) is 0 Å². The van der Waals surface area contributed by atoms with E-state index >= 15 is 0 Å². The van der Waals surface area contributed by atoms with Gasteiger partial charge in [0, 0.05) is 11.6 Å². The lowest BCUT2D eigenvalue weighted by molar-refractivity contribution is 0.1000. The highest BCUT2D eigenvalue weighted by Gasteiger charge is 2.28. The quantitative estimate of drug-likeness (QED) is 0.893. The topological polar surface area (TPSA) is 85.1 Å². The zero-order chi connectivity index (χ0) is 13.6. The number of allylic oxidation sites excluding steroid dienone is 2. The molecule has 0 aliphatic heterocycles. The van der Waals surface area contributed by atoms with E-state index < -0.39 is 6.10 Å². The molecule has 6 nitrogen and oxygen atoms in total. The van der Waals surface area contributed by atoms with Gasteiger partial charge in [-0.3, -0.25) is 9.59 Å². The summed E-state index contributed by atoms with van der Waals surface area (Å²) in [7, 11) is 0. The van der Waals surface area contributed by atoms with Crippen molar-refractivity contribution in [1.29, 1.82) is 0 Å². The molecular formula is C12H9N3O3S. The Balaban J connectivity index is 2.06. The molecule has 0 fully saturated rings. The highest BCUT2D eigenvalue weighted by molar-refractivity contribution is 7.12. The number of carbonyl (C=O) groups excluding carboxylic acids is 2. The lowest BCUT2D eigenvalue weighted by Gasteiger charge is -2.10. The number of carbonyl (C=O) groups is 2. The van der Waals surface area contributed by atoms with Gasteiger partial charge in [0.15, 0.2) is 5.78 Å². The molecule has 0 spiro atoms. The Morgan fingerprint density at radius 2 is 2.21 bits per heavy atom. The zero-order valence-corrected chi connectivity index (χ0v) is 10.7. The van der Waals surface area contributed by atoms with Crippen molar-refractivity contribution in [1.82, 2.24) is 15.0 Å². The number of aliphatic hydroxyl groups excluding tert-OH is 1. The number of thiophene rings is 1. The Bertz CT molecular complexity index is 711. The van der Waals surface area contributed by atoms with Crippen molar-refractivity contribution in [3.63, 3.8) is 0 Å². The van der Waals surface area contributed by atoms with Crippen molar-refractivity contribution >= 4 is 28.6 Å². The Morgan fingerprint density at radius 3 is 2.89 bits per heavy atom. The minimum atomic E-state index is -0.777. The normalized spacial score (nSPS) is 16.2. The van der Waals surface area contributed by atoms with Gasteiger partial charge in [-0.15, -0.1) is 16.4 Å². The van der Waals surface area contributed by atoms with Gasteiger partial charge in [-0.1, -0.05) is 5.21 Å². The molecule has 1 aliphatic rings. The summed E-state index contributed by atoms with van der Waals surface area (Å²) >= 11 is 1.24. The Hall–Kier alpha value is -2.12. The average Bonchev–Trinajstić information content (AvgIpc) is 3.01. The number of aliphatic hydroxyl groups is 1. The van der Waals surface area contributed by atoms with Gasteiger partial charge in [0.1, 0.15) is 11.4 Å². The van der Waals surface area contributed by atoms with Gasteiger partial charge in [-0.25, -0.2) is 4.68 Å². The molecule has 2 heterocycles. The predicted molar refractivity (Wildman–Crippen MR) is 67.9 cm³/mol. The van der Waals surface area contributed by atoms with Crippen LogP contribution in [0.5, 0.6) is 0 Å². The molecular weight excluding hydrogens is 266 g/mol. The van der Waals surface area contributed by atoms with E-state index in [1.165, 1.54) is 28.3 Å². The van der Waals surface area contributed by atoms with Crippen LogP contribution >= 0.6 is 11.3 Å². The second kappa shape index (κ2) is 4.22. The fraction of sp³-hybridized carbons (Fsp3) is 0.167. The number of aromatic nitrogens is 3. The van der Waals surface area contributed by atoms with Crippen molar-refractivity contribution < 1.29 is 14.7 Å². The molecule has 0 saturated carbocycles. The van der Waals surface area contributed by atoms with Crippen LogP contribution in [-0.4, -0.2) is 31.7 Å². The van der Waals surface area contributed by atoms with Crippen molar-refractivity contribution in [2.75, 3.05) is 0 Å². The molecule has 0 radical (unpaired) electrons. The average molecular weight is 275 g/mol. The monoisotopic (exact) mass is 275 g/mol. The minimum Gasteiger partial charge on any atom is -0.387 e. The summed E-state index contributed by atoms with van der Waals surface area (Å²) in [6.07, 6.45) is 1.92. The largest absolute Gasteiger partial charge is 0.387 e. The summed E-state index contributed by atoms with van der Waals surface area (Å²) in [6.45, 7) is 1.55. The van der Waals surface area contributed by atoms with E-state index in [0.717, 1.165) is 0 Å². The van der Waals surface area contributed by atoms with E-state index in [4.69, 9.17) is 0 Å². The molecule has 0 aromatic carbocycles. The summed E-state index contributed by atoms with van der Waals surface area (Å²) in [5.74, 6) is -0.480. The SMILES string of the molecule is CC(O)c1cn(C2=CC(=O)c3sccc3C2=O)nn1. The highest BCUT2D eigenvalue weighted by Crippen LogP contribution is 2.27. The smallest absolute Gasteiger partial charge is 0.213 e. The van der Waals surface area contributed by atoms with Crippen LogP contribution in [0.25, 0.3) is 5.70 Å². The molecule has 2 aromatic heterocycles. The van der Waals surface area contributed by atoms with Crippen LogP contribution in [-0.2, 0) is 0 Å². The summed E-state index contributed by atoms with van der Waals surface area (Å²) in [4.78, 5) is 24.6. The van der Waals surface area contributed by atoms with Crippen molar-refractivity contribution in [2.24, 2.45) is 0 Å². The second-order valence-electron chi connectivity index (χ2n) is 4.15. The molecule has 96 valence electrons. The summed E-state index contributed by atoms with van der Waals surface area (Å²) in [5, 5.41) is 18.6. The van der Waals surface area contributed by atoms with Crippen LogP contribution in [0.2, 0.25) is 0 Å². The lowest BCUT2D eigenvalue weighted by atomic mass is 10.0. The molecule has 3 rings (SSSR count). The fourth-order valence-electron chi connectivity index (χ4n) is 1.83. The van der Waals surface area contributed by atoms with E-state index in [9.17, 15) is 14.7 Å². The van der Waals surface area contributed by atoms with Crippen molar-refractivity contribution in [3.05, 3.63) is 39.9 Å². The molecule has 1 N–H and O–H groups in total. The third kappa shape index (κ3) is 1.83. The number of fused-ring (bicyclic) bond motifs is 1. The Labute approximate surface area is 112 Å². The van der Waals surface area contributed by atoms with Crippen LogP contribution < -0.4 is 0 Å². The number of Topliss-reactive ketones (excluding diaryl/α,β-unsaturated/α-hetero) is 1. The van der Waals surface area contributed by atoms with Gasteiger partial charge in [-0.05, 0) is 18.4 Å². The third-order valence-electron chi connectivity index (χ3n) is 2.82. The van der Waals surface area contributed by atoms with Gasteiger partial charge in [-0.2, -0.15) is 0 Å². The maximum atomic E-state index is 12.2. The Kier molecular flexibility index (Phi) is 2.65. The molecule has 1 aliphatic carbocycles. The van der Waals surface area contributed by atoms with Crippen LogP contribution in [0.3, 0.4) is 0 Å². The number of rotatable bonds is 2. The number of hydrogen-bond donors (Lipinski definition) is 1. The first-order valence-electron chi connectivity index (χ1n) is 5.57. The van der Waals surface area contributed by atoms with E-state index in [-0.39, 0.29) is 17.3 Å². The predicted octanol–water partition coefficient (Wildman–Crippen LogP) is 1.31. The maximum Gasteiger partial charge on any atom is 0.213 e. The molecule has 0 saturated heterocycles. The summed E-state index contributed by atoms with van der Waals surface area (Å²) < 4.78 is 1.23. The number of nitrogens with zero attached hydrogens (tertiary/aromatic N) is 3. The van der Waals surface area contributed by atoms with Crippen molar-refractivity contribution in [2.45, 2.75) is 13.0 Å². The van der Waals surface area contributed by atoms with Crippen LogP contribution in [0, 0.1) is 0 Å². The minimum absolute atomic E-state index is 0.148. The standard InChI is InChI=1S/C12H9N3O3S/c1-6(16)8-5-15(14-13-8)9-4-10(17)12-7(11(9)18)2-3-19-12/h2-6,16H,1H3. The van der Waals surface area contributed by atoms with E-state index in [0.29, 0.717) is 16.1 Å². The number of hydrogen-bond acceptors (Lipinski definition) is 6. The molecule has 1 unspecified atom stereocenters. The third-order valence-corrected chi connectivity index (χ3v) is 3.75. The highest BCUT2D eigenvalue weighted by atomic mass is 32.1. The van der Waals surface area contributed by atoms with Gasteiger partial charge in [0.05, 0.1) is 17.2 Å². The van der Waals surface area contributed by atoms with Gasteiger partial charge >= 0.3 is 0 Å². The second-order valence-corrected chi connectivity index (χ2v) is 5.07. The lowest BCUT2D eigenvalue weighted by Crippen LogP contribution is -2.18. The van der Waals surface area contributed by atoms with Crippen molar-refractivity contribution in [3.8, 4) is 0 Å². The number of ketones is 2. The molecule has 1 atom stereocenters. The first kappa shape index (κ1) is 11.9. The van der Waals surface area contributed by atoms with Gasteiger partial charge in [0.2, 0.25) is 5.78 Å². The molecule has 0 amide bonds. The molecule has 19 heavy (non-hydrogen) atoms. The molecule has 0 bridgehead atoms. The molecule has 2 aromatic rings. The first-order chi connectivity index (χ1) is 9.08. The van der Waals surface area contributed by atoms with Gasteiger partial charge in [0.25, 0.3) is 0 Å². The maximum absolute atomic E-state index is 12.2. The summed E-state index contributed by atoms with van der Waals surface area (Å²) in [6, 6.07) is 1.62. The molecule has 7 heteroatoms. The zero-order valence-electron chi connectivity index (χ0n) is 9.90.